The molecule has 0 aliphatic carbocycles. The summed E-state index contributed by atoms with van der Waals surface area (Å²) < 4.78 is 46.0. The maximum Gasteiger partial charge on any atom is 0.416 e. The summed E-state index contributed by atoms with van der Waals surface area (Å²) in [6.07, 6.45) is -3.20. The highest BCUT2D eigenvalue weighted by Crippen LogP contribution is 2.31. The molecule has 0 radical (unpaired) electrons. The van der Waals surface area contributed by atoms with Crippen molar-refractivity contribution in [1.82, 2.24) is 9.88 Å². The van der Waals surface area contributed by atoms with Crippen molar-refractivity contribution in [3.63, 3.8) is 0 Å². The monoisotopic (exact) mass is 418 g/mol. The van der Waals surface area contributed by atoms with Crippen molar-refractivity contribution in [3.8, 4) is 5.75 Å². The first kappa shape index (κ1) is 21.4. The molecule has 1 atom stereocenters. The summed E-state index contributed by atoms with van der Waals surface area (Å²) in [5.41, 5.74) is -0.737. The third-order valence-electron chi connectivity index (χ3n) is 4.96. The molecule has 0 bridgehead atoms. The van der Waals surface area contributed by atoms with Gasteiger partial charge in [0.05, 0.1) is 24.2 Å². The topological polar surface area (TPSA) is 60.3 Å². The highest BCUT2D eigenvalue weighted by molar-refractivity contribution is 5.97. The van der Waals surface area contributed by atoms with E-state index in [-0.39, 0.29) is 10.9 Å². The quantitative estimate of drug-likeness (QED) is 0.662. The molecule has 0 aliphatic heterocycles. The van der Waals surface area contributed by atoms with Gasteiger partial charge in [0.1, 0.15) is 11.3 Å². The highest BCUT2D eigenvalue weighted by Gasteiger charge is 2.31. The Hall–Kier alpha value is -3.29. The second kappa shape index (κ2) is 8.22. The van der Waals surface area contributed by atoms with E-state index >= 15 is 0 Å². The van der Waals surface area contributed by atoms with Gasteiger partial charge in [-0.25, -0.2) is 0 Å². The zero-order chi connectivity index (χ0) is 22.1. The SMILES string of the molecule is CCn1cc(C(=O)NC(C)c2ccc(OC)cc2)c(=O)c2cc(C(F)(F)F)ccc21. The van der Waals surface area contributed by atoms with Crippen molar-refractivity contribution >= 4 is 16.8 Å². The van der Waals surface area contributed by atoms with Crippen molar-refractivity contribution < 1.29 is 22.7 Å². The summed E-state index contributed by atoms with van der Waals surface area (Å²) >= 11 is 0. The lowest BCUT2D eigenvalue weighted by atomic mass is 10.1. The molecule has 0 fully saturated rings. The van der Waals surface area contributed by atoms with Crippen molar-refractivity contribution in [2.75, 3.05) is 7.11 Å². The number of nitrogens with one attached hydrogen (secondary N) is 1. The normalized spacial score (nSPS) is 12.6. The maximum absolute atomic E-state index is 13.1. The van der Waals surface area contributed by atoms with Crippen LogP contribution in [0, 0.1) is 0 Å². The Bertz CT molecular complexity index is 1140. The minimum Gasteiger partial charge on any atom is -0.497 e. The van der Waals surface area contributed by atoms with Gasteiger partial charge < -0.3 is 14.6 Å². The largest absolute Gasteiger partial charge is 0.497 e. The summed E-state index contributed by atoms with van der Waals surface area (Å²) in [6, 6.07) is 9.62. The number of alkyl halides is 3. The Balaban J connectivity index is 2.00. The predicted octanol–water partition coefficient (Wildman–Crippen LogP) is 4.54. The van der Waals surface area contributed by atoms with E-state index in [0.717, 1.165) is 17.7 Å². The van der Waals surface area contributed by atoms with Crippen molar-refractivity contribution in [2.45, 2.75) is 32.6 Å². The molecule has 1 heterocycles. The van der Waals surface area contributed by atoms with E-state index in [9.17, 15) is 22.8 Å². The van der Waals surface area contributed by atoms with Crippen molar-refractivity contribution in [3.05, 3.63) is 75.6 Å². The molecule has 5 nitrogen and oxygen atoms in total. The van der Waals surface area contributed by atoms with Crippen LogP contribution in [-0.4, -0.2) is 17.6 Å². The zero-order valence-corrected chi connectivity index (χ0v) is 16.7. The average molecular weight is 418 g/mol. The van der Waals surface area contributed by atoms with Crippen LogP contribution in [0.5, 0.6) is 5.75 Å². The molecule has 2 aromatic carbocycles. The molecule has 8 heteroatoms. The number of halogens is 3. The Morgan fingerprint density at radius 3 is 2.40 bits per heavy atom. The molecule has 1 aromatic heterocycles. The second-order valence-electron chi connectivity index (χ2n) is 6.86. The van der Waals surface area contributed by atoms with Gasteiger partial charge in [-0.1, -0.05) is 12.1 Å². The third kappa shape index (κ3) is 4.17. The van der Waals surface area contributed by atoms with E-state index in [0.29, 0.717) is 17.8 Å². The number of methoxy groups -OCH3 is 1. The number of pyridine rings is 1. The molecular weight excluding hydrogens is 397 g/mol. The van der Waals surface area contributed by atoms with E-state index in [1.54, 1.807) is 49.8 Å². The van der Waals surface area contributed by atoms with Crippen molar-refractivity contribution in [1.29, 1.82) is 0 Å². The van der Waals surface area contributed by atoms with Crippen LogP contribution in [0.25, 0.3) is 10.9 Å². The number of rotatable bonds is 5. The lowest BCUT2D eigenvalue weighted by molar-refractivity contribution is -0.137. The number of fused-ring (bicyclic) bond motifs is 1. The molecule has 0 saturated heterocycles. The Kier molecular flexibility index (Phi) is 5.87. The fourth-order valence-corrected chi connectivity index (χ4v) is 3.25. The Morgan fingerprint density at radius 1 is 1.17 bits per heavy atom. The van der Waals surface area contributed by atoms with E-state index < -0.39 is 29.1 Å². The molecule has 1 N–H and O–H groups in total. The number of carbonyl (C=O) groups excluding carboxylic acids is 1. The molecule has 158 valence electrons. The van der Waals surface area contributed by atoms with Gasteiger partial charge in [-0.2, -0.15) is 13.2 Å². The van der Waals surface area contributed by atoms with Crippen LogP contribution < -0.4 is 15.5 Å². The fraction of sp³-hybridized carbons (Fsp3) is 0.273. The number of ether oxygens (including phenoxy) is 1. The first-order valence-corrected chi connectivity index (χ1v) is 9.35. The van der Waals surface area contributed by atoms with Gasteiger partial charge in [0.15, 0.2) is 0 Å². The van der Waals surface area contributed by atoms with Gasteiger partial charge in [0.25, 0.3) is 5.91 Å². The summed E-state index contributed by atoms with van der Waals surface area (Å²) in [6.45, 7) is 3.92. The molecule has 3 rings (SSSR count). The van der Waals surface area contributed by atoms with Crippen LogP contribution in [0.2, 0.25) is 0 Å². The van der Waals surface area contributed by atoms with Gasteiger partial charge in [-0.15, -0.1) is 0 Å². The van der Waals surface area contributed by atoms with E-state index in [1.165, 1.54) is 12.3 Å². The minimum atomic E-state index is -4.58. The molecule has 1 amide bonds. The summed E-state index contributed by atoms with van der Waals surface area (Å²) in [4.78, 5) is 25.7. The zero-order valence-electron chi connectivity index (χ0n) is 16.7. The van der Waals surface area contributed by atoms with Gasteiger partial charge in [-0.3, -0.25) is 9.59 Å². The van der Waals surface area contributed by atoms with Crippen LogP contribution >= 0.6 is 0 Å². The summed E-state index contributed by atoms with van der Waals surface area (Å²) in [7, 11) is 1.54. The predicted molar refractivity (Wildman–Crippen MR) is 108 cm³/mol. The Labute approximate surface area is 171 Å². The first-order valence-electron chi connectivity index (χ1n) is 9.35. The molecule has 3 aromatic rings. The number of carbonyl (C=O) groups is 1. The van der Waals surface area contributed by atoms with Crippen LogP contribution in [-0.2, 0) is 12.7 Å². The van der Waals surface area contributed by atoms with Gasteiger partial charge in [0.2, 0.25) is 5.43 Å². The molecule has 0 saturated carbocycles. The second-order valence-corrected chi connectivity index (χ2v) is 6.86. The number of nitrogens with zero attached hydrogens (tertiary/aromatic N) is 1. The number of benzene rings is 2. The van der Waals surface area contributed by atoms with Crippen LogP contribution in [0.3, 0.4) is 0 Å². The van der Waals surface area contributed by atoms with E-state index in [4.69, 9.17) is 4.74 Å². The van der Waals surface area contributed by atoms with E-state index in [1.807, 2.05) is 0 Å². The van der Waals surface area contributed by atoms with Crippen LogP contribution in [0.15, 0.2) is 53.5 Å². The third-order valence-corrected chi connectivity index (χ3v) is 4.96. The van der Waals surface area contributed by atoms with Gasteiger partial charge >= 0.3 is 6.18 Å². The summed E-state index contributed by atoms with van der Waals surface area (Å²) in [5, 5.41) is 2.59. The van der Waals surface area contributed by atoms with Crippen molar-refractivity contribution in [2.24, 2.45) is 0 Å². The lowest BCUT2D eigenvalue weighted by Gasteiger charge is -2.17. The first-order chi connectivity index (χ1) is 14.2. The number of aryl methyl sites for hydroxylation is 1. The molecule has 1 unspecified atom stereocenters. The average Bonchev–Trinajstić information content (AvgIpc) is 2.73. The maximum atomic E-state index is 13.1. The molecule has 0 spiro atoms. The van der Waals surface area contributed by atoms with E-state index in [2.05, 4.69) is 5.32 Å². The van der Waals surface area contributed by atoms with Crippen LogP contribution in [0.1, 0.15) is 41.4 Å². The number of aromatic nitrogens is 1. The smallest absolute Gasteiger partial charge is 0.416 e. The van der Waals surface area contributed by atoms with Gasteiger partial charge in [0, 0.05) is 18.1 Å². The Morgan fingerprint density at radius 2 is 1.83 bits per heavy atom. The highest BCUT2D eigenvalue weighted by atomic mass is 19.4. The standard InChI is InChI=1S/C22H21F3N2O3/c1-4-27-12-18(20(28)17-11-15(22(23,24)25)7-10-19(17)27)21(29)26-13(2)14-5-8-16(30-3)9-6-14/h5-13H,4H2,1-3H3,(H,26,29). The van der Waals surface area contributed by atoms with Crippen LogP contribution in [0.4, 0.5) is 13.2 Å². The molecule has 30 heavy (non-hydrogen) atoms. The number of hydrogen-bond donors (Lipinski definition) is 1. The molecule has 0 aliphatic rings. The number of amides is 1. The minimum absolute atomic E-state index is 0.142. The van der Waals surface area contributed by atoms with Gasteiger partial charge in [-0.05, 0) is 49.7 Å². The number of hydrogen-bond acceptors (Lipinski definition) is 3. The summed E-state index contributed by atoms with van der Waals surface area (Å²) in [5.74, 6) is 0.0166. The lowest BCUT2D eigenvalue weighted by Crippen LogP contribution is -2.32. The fourth-order valence-electron chi connectivity index (χ4n) is 3.25. The molecular formula is C22H21F3N2O3.